The lowest BCUT2D eigenvalue weighted by Gasteiger charge is -2.17. The van der Waals surface area contributed by atoms with Crippen LogP contribution >= 0.6 is 0 Å². The van der Waals surface area contributed by atoms with Crippen LogP contribution in [0.4, 0.5) is 11.6 Å². The molecule has 0 unspecified atom stereocenters. The normalized spacial score (nSPS) is 10.7. The highest BCUT2D eigenvalue weighted by Gasteiger charge is 2.12. The Kier molecular flexibility index (Phi) is 6.35. The standard InChI is InChI=1S/C21H20N6O2/c1-27(11-12-28)17-9-7-15(8-10-17)14-23-26-21-24-19(16-5-3-2-4-6-16)18(13-22)20(29)25-21/h2-10,14,28H,11-12H2,1H3,(H2,24,25,26,29). The molecule has 0 atom stereocenters. The molecule has 0 aliphatic carbocycles. The molecule has 1 heterocycles. The van der Waals surface area contributed by atoms with Gasteiger partial charge in [-0.05, 0) is 17.7 Å². The number of benzene rings is 2. The van der Waals surface area contributed by atoms with Crippen LogP contribution in [0.15, 0.2) is 64.5 Å². The summed E-state index contributed by atoms with van der Waals surface area (Å²) >= 11 is 0. The van der Waals surface area contributed by atoms with Gasteiger partial charge in [0.05, 0.1) is 18.5 Å². The molecule has 146 valence electrons. The number of likely N-dealkylation sites (N-methyl/N-ethyl adjacent to an activating group) is 1. The van der Waals surface area contributed by atoms with E-state index < -0.39 is 5.56 Å². The first-order chi connectivity index (χ1) is 14.1. The highest BCUT2D eigenvalue weighted by molar-refractivity contribution is 5.80. The summed E-state index contributed by atoms with van der Waals surface area (Å²) in [6.45, 7) is 0.640. The SMILES string of the molecule is CN(CCO)c1ccc(C=NNc2nc(-c3ccccc3)c(C#N)c(=O)[nH]2)cc1. The number of hydrazone groups is 1. The number of hydrogen-bond acceptors (Lipinski definition) is 7. The fraction of sp³-hybridized carbons (Fsp3) is 0.143. The number of H-pyrrole nitrogens is 1. The Balaban J connectivity index is 1.78. The van der Waals surface area contributed by atoms with Crippen molar-refractivity contribution in [3.8, 4) is 17.3 Å². The van der Waals surface area contributed by atoms with Crippen LogP contribution in [-0.4, -0.2) is 41.5 Å². The maximum absolute atomic E-state index is 12.2. The molecule has 0 aliphatic heterocycles. The fourth-order valence-electron chi connectivity index (χ4n) is 2.70. The van der Waals surface area contributed by atoms with E-state index in [1.807, 2.05) is 60.5 Å². The Morgan fingerprint density at radius 2 is 1.97 bits per heavy atom. The van der Waals surface area contributed by atoms with Gasteiger partial charge < -0.3 is 10.0 Å². The topological polar surface area (TPSA) is 117 Å². The van der Waals surface area contributed by atoms with Crippen molar-refractivity contribution < 1.29 is 5.11 Å². The smallest absolute Gasteiger partial charge is 0.270 e. The van der Waals surface area contributed by atoms with Crippen molar-refractivity contribution in [2.24, 2.45) is 5.10 Å². The van der Waals surface area contributed by atoms with Crippen LogP contribution in [0.2, 0.25) is 0 Å². The van der Waals surface area contributed by atoms with Crippen molar-refractivity contribution in [2.45, 2.75) is 0 Å². The third-order valence-corrected chi connectivity index (χ3v) is 4.23. The number of aliphatic hydroxyl groups is 1. The van der Waals surface area contributed by atoms with Gasteiger partial charge in [0.25, 0.3) is 5.56 Å². The van der Waals surface area contributed by atoms with Gasteiger partial charge in [-0.15, -0.1) is 0 Å². The molecular formula is C21H20N6O2. The summed E-state index contributed by atoms with van der Waals surface area (Å²) in [4.78, 5) is 21.0. The van der Waals surface area contributed by atoms with Gasteiger partial charge in [0, 0.05) is 24.8 Å². The third kappa shape index (κ3) is 4.86. The van der Waals surface area contributed by atoms with E-state index in [0.717, 1.165) is 11.3 Å². The summed E-state index contributed by atoms with van der Waals surface area (Å²) in [7, 11) is 1.90. The van der Waals surface area contributed by atoms with Crippen LogP contribution in [-0.2, 0) is 0 Å². The molecule has 2 aromatic carbocycles. The number of aliphatic hydroxyl groups excluding tert-OH is 1. The van der Waals surface area contributed by atoms with Crippen LogP contribution in [0.5, 0.6) is 0 Å². The lowest BCUT2D eigenvalue weighted by molar-refractivity contribution is 0.304. The van der Waals surface area contributed by atoms with Crippen molar-refractivity contribution in [1.29, 1.82) is 5.26 Å². The van der Waals surface area contributed by atoms with Gasteiger partial charge in [-0.3, -0.25) is 9.78 Å². The molecule has 0 fully saturated rings. The molecule has 8 heteroatoms. The fourth-order valence-corrected chi connectivity index (χ4v) is 2.70. The molecular weight excluding hydrogens is 368 g/mol. The zero-order valence-electron chi connectivity index (χ0n) is 15.8. The van der Waals surface area contributed by atoms with E-state index >= 15 is 0 Å². The Morgan fingerprint density at radius 3 is 2.62 bits per heavy atom. The van der Waals surface area contributed by atoms with Gasteiger partial charge in [-0.2, -0.15) is 10.4 Å². The Labute approximate surface area is 167 Å². The van der Waals surface area contributed by atoms with E-state index in [2.05, 4.69) is 20.5 Å². The molecule has 8 nitrogen and oxygen atoms in total. The Morgan fingerprint density at radius 1 is 1.24 bits per heavy atom. The molecule has 3 rings (SSSR count). The van der Waals surface area contributed by atoms with Crippen molar-refractivity contribution in [3.05, 3.63) is 76.1 Å². The number of nitriles is 1. The molecule has 0 saturated heterocycles. The number of nitrogens with zero attached hydrogens (tertiary/aromatic N) is 4. The lowest BCUT2D eigenvalue weighted by Crippen LogP contribution is -2.20. The maximum atomic E-state index is 12.2. The summed E-state index contributed by atoms with van der Waals surface area (Å²) in [6.07, 6.45) is 1.59. The first kappa shape index (κ1) is 19.8. The highest BCUT2D eigenvalue weighted by atomic mass is 16.3. The number of anilines is 2. The van der Waals surface area contributed by atoms with E-state index in [9.17, 15) is 10.1 Å². The first-order valence-corrected chi connectivity index (χ1v) is 8.93. The van der Waals surface area contributed by atoms with Gasteiger partial charge in [0.1, 0.15) is 11.6 Å². The Hall–Kier alpha value is -3.96. The molecule has 3 N–H and O–H groups in total. The molecule has 0 spiro atoms. The van der Waals surface area contributed by atoms with Crippen LogP contribution in [0.25, 0.3) is 11.3 Å². The number of aromatic nitrogens is 2. The largest absolute Gasteiger partial charge is 0.395 e. The maximum Gasteiger partial charge on any atom is 0.270 e. The number of nitrogens with one attached hydrogen (secondary N) is 2. The average molecular weight is 388 g/mol. The minimum absolute atomic E-state index is 0.0479. The van der Waals surface area contributed by atoms with E-state index in [1.165, 1.54) is 0 Å². The summed E-state index contributed by atoms with van der Waals surface area (Å²) in [6, 6.07) is 18.6. The number of aromatic amines is 1. The van der Waals surface area contributed by atoms with E-state index in [4.69, 9.17) is 5.11 Å². The molecule has 1 aromatic heterocycles. The molecule has 0 radical (unpaired) electrons. The molecule has 0 saturated carbocycles. The van der Waals surface area contributed by atoms with Crippen molar-refractivity contribution >= 4 is 17.9 Å². The third-order valence-electron chi connectivity index (χ3n) is 4.23. The highest BCUT2D eigenvalue weighted by Crippen LogP contribution is 2.19. The summed E-state index contributed by atoms with van der Waals surface area (Å²) in [5.41, 5.74) is 4.92. The van der Waals surface area contributed by atoms with Gasteiger partial charge in [-0.25, -0.2) is 10.4 Å². The lowest BCUT2D eigenvalue weighted by atomic mass is 10.1. The van der Waals surface area contributed by atoms with Gasteiger partial charge in [0.15, 0.2) is 0 Å². The minimum Gasteiger partial charge on any atom is -0.395 e. The van der Waals surface area contributed by atoms with Gasteiger partial charge in [-0.1, -0.05) is 42.5 Å². The molecule has 3 aromatic rings. The predicted molar refractivity (Wildman–Crippen MR) is 113 cm³/mol. The van der Waals surface area contributed by atoms with Gasteiger partial charge >= 0.3 is 0 Å². The van der Waals surface area contributed by atoms with E-state index in [0.29, 0.717) is 17.8 Å². The van der Waals surface area contributed by atoms with Crippen molar-refractivity contribution in [3.63, 3.8) is 0 Å². The predicted octanol–water partition coefficient (Wildman–Crippen LogP) is 2.18. The van der Waals surface area contributed by atoms with Crippen molar-refractivity contribution in [2.75, 3.05) is 30.5 Å². The zero-order chi connectivity index (χ0) is 20.6. The average Bonchev–Trinajstić information content (AvgIpc) is 2.74. The van der Waals surface area contributed by atoms with Gasteiger partial charge in [0.2, 0.25) is 5.95 Å². The molecule has 0 aliphatic rings. The van der Waals surface area contributed by atoms with E-state index in [-0.39, 0.29) is 18.1 Å². The zero-order valence-corrected chi connectivity index (χ0v) is 15.8. The monoisotopic (exact) mass is 388 g/mol. The van der Waals surface area contributed by atoms with Crippen LogP contribution in [0.1, 0.15) is 11.1 Å². The summed E-state index contributed by atoms with van der Waals surface area (Å²) < 4.78 is 0. The number of rotatable bonds is 7. The van der Waals surface area contributed by atoms with E-state index in [1.54, 1.807) is 18.3 Å². The molecule has 0 amide bonds. The Bertz CT molecular complexity index is 1080. The van der Waals surface area contributed by atoms with Crippen LogP contribution in [0.3, 0.4) is 0 Å². The van der Waals surface area contributed by atoms with Crippen LogP contribution < -0.4 is 15.9 Å². The molecule has 0 bridgehead atoms. The minimum atomic E-state index is -0.532. The number of hydrogen-bond donors (Lipinski definition) is 3. The first-order valence-electron chi connectivity index (χ1n) is 8.93. The quantitative estimate of drug-likeness (QED) is 0.422. The molecule has 29 heavy (non-hydrogen) atoms. The summed E-state index contributed by atoms with van der Waals surface area (Å²) in [5.74, 6) is 0.142. The van der Waals surface area contributed by atoms with Crippen molar-refractivity contribution in [1.82, 2.24) is 9.97 Å². The second-order valence-electron chi connectivity index (χ2n) is 6.22. The summed E-state index contributed by atoms with van der Waals surface area (Å²) in [5, 5.41) is 22.4. The van der Waals surface area contributed by atoms with Crippen LogP contribution in [0, 0.1) is 11.3 Å². The second-order valence-corrected chi connectivity index (χ2v) is 6.22. The second kappa shape index (κ2) is 9.30.